The molecule has 5 heteroatoms. The van der Waals surface area contributed by atoms with E-state index in [1.807, 2.05) is 0 Å². The van der Waals surface area contributed by atoms with E-state index >= 15 is 0 Å². The number of nitrogens with one attached hydrogen (secondary N) is 1. The summed E-state index contributed by atoms with van der Waals surface area (Å²) in [6.45, 7) is 0.324. The number of carboxylic acids is 1. The van der Waals surface area contributed by atoms with Crippen LogP contribution in [0.4, 0.5) is 0 Å². The Kier molecular flexibility index (Phi) is 4.13. The highest BCUT2D eigenvalue weighted by molar-refractivity contribution is 5.78. The Bertz CT molecular complexity index is 294. The summed E-state index contributed by atoms with van der Waals surface area (Å²) in [5.41, 5.74) is 0. The molecule has 1 aliphatic rings. The molecule has 82 valence electrons. The van der Waals surface area contributed by atoms with Crippen LogP contribution in [0, 0.1) is 12.3 Å². The van der Waals surface area contributed by atoms with Crippen molar-refractivity contribution in [2.45, 2.75) is 31.5 Å². The second-order valence-corrected chi connectivity index (χ2v) is 3.35. The number of rotatable bonds is 4. The number of carbonyl (C=O) groups excluding carboxylic acids is 1. The van der Waals surface area contributed by atoms with E-state index in [0.717, 1.165) is 0 Å². The summed E-state index contributed by atoms with van der Waals surface area (Å²) in [5.74, 6) is 1.04. The fraction of sp³-hybridized carbons (Fsp3) is 0.600. The van der Waals surface area contributed by atoms with Gasteiger partial charge in [0.25, 0.3) is 0 Å². The highest BCUT2D eigenvalue weighted by Gasteiger charge is 2.30. The molecule has 1 fully saturated rings. The normalized spacial score (nSPS) is 24.5. The van der Waals surface area contributed by atoms with Crippen LogP contribution >= 0.6 is 0 Å². The highest BCUT2D eigenvalue weighted by Crippen LogP contribution is 2.19. The predicted octanol–water partition coefficient (Wildman–Crippen LogP) is -0.242. The van der Waals surface area contributed by atoms with Crippen molar-refractivity contribution in [3.05, 3.63) is 0 Å². The van der Waals surface area contributed by atoms with Gasteiger partial charge >= 0.3 is 5.97 Å². The maximum Gasteiger partial charge on any atom is 0.332 e. The monoisotopic (exact) mass is 211 g/mol. The van der Waals surface area contributed by atoms with Gasteiger partial charge in [0.2, 0.25) is 5.91 Å². The topological polar surface area (TPSA) is 75.6 Å². The van der Waals surface area contributed by atoms with Gasteiger partial charge < -0.3 is 15.2 Å². The van der Waals surface area contributed by atoms with Crippen molar-refractivity contribution in [3.8, 4) is 12.3 Å². The minimum absolute atomic E-state index is 0.0368. The van der Waals surface area contributed by atoms with Crippen LogP contribution in [0.15, 0.2) is 0 Å². The first kappa shape index (κ1) is 11.5. The quantitative estimate of drug-likeness (QED) is 0.629. The molecule has 2 unspecified atom stereocenters. The predicted molar refractivity (Wildman–Crippen MR) is 52.0 cm³/mol. The Hall–Kier alpha value is -1.54. The summed E-state index contributed by atoms with van der Waals surface area (Å²) in [4.78, 5) is 21.5. The highest BCUT2D eigenvalue weighted by atomic mass is 16.5. The molecule has 2 atom stereocenters. The fourth-order valence-electron chi connectivity index (χ4n) is 1.42. The molecule has 1 amide bonds. The van der Waals surface area contributed by atoms with E-state index in [1.54, 1.807) is 0 Å². The lowest BCUT2D eigenvalue weighted by atomic mass is 10.2. The maximum absolute atomic E-state index is 11.0. The van der Waals surface area contributed by atoms with Gasteiger partial charge in [0.05, 0.1) is 12.5 Å². The van der Waals surface area contributed by atoms with Gasteiger partial charge in [0.1, 0.15) is 0 Å². The molecule has 15 heavy (non-hydrogen) atoms. The Morgan fingerprint density at radius 3 is 2.80 bits per heavy atom. The second-order valence-electron chi connectivity index (χ2n) is 3.35. The van der Waals surface area contributed by atoms with E-state index in [9.17, 15) is 9.59 Å². The van der Waals surface area contributed by atoms with Crippen LogP contribution in [0.2, 0.25) is 0 Å². The number of carboxylic acid groups (broad SMARTS) is 1. The number of carbonyl (C=O) groups is 2. The van der Waals surface area contributed by atoms with Gasteiger partial charge in [-0.15, -0.1) is 6.42 Å². The summed E-state index contributed by atoms with van der Waals surface area (Å²) in [7, 11) is 0. The van der Waals surface area contributed by atoms with Crippen molar-refractivity contribution in [1.82, 2.24) is 5.32 Å². The average molecular weight is 211 g/mol. The van der Waals surface area contributed by atoms with E-state index in [4.69, 9.17) is 16.3 Å². The zero-order chi connectivity index (χ0) is 11.3. The molecule has 1 saturated heterocycles. The number of aliphatic carboxylic acids is 1. The third kappa shape index (κ3) is 3.60. The molecule has 0 aromatic rings. The zero-order valence-electron chi connectivity index (χ0n) is 8.23. The summed E-state index contributed by atoms with van der Waals surface area (Å²) < 4.78 is 5.19. The molecule has 0 radical (unpaired) electrons. The molecule has 0 saturated carbocycles. The van der Waals surface area contributed by atoms with Crippen LogP contribution in [-0.4, -0.2) is 35.7 Å². The Balaban J connectivity index is 2.22. The molecular formula is C10H13NO4. The first-order chi connectivity index (χ1) is 7.13. The smallest absolute Gasteiger partial charge is 0.332 e. The van der Waals surface area contributed by atoms with Gasteiger partial charge in [-0.25, -0.2) is 4.79 Å². The van der Waals surface area contributed by atoms with Crippen molar-refractivity contribution in [2.24, 2.45) is 0 Å². The Morgan fingerprint density at radius 2 is 2.27 bits per heavy atom. The fourth-order valence-corrected chi connectivity index (χ4v) is 1.42. The standard InChI is InChI=1S/C10H13NO4/c1-2-3-9(12)11-6-7-4-5-8(15-7)10(13)14/h1,7-8H,3-6H2,(H,11,12)(H,13,14). The molecule has 1 rings (SSSR count). The number of hydrogen-bond donors (Lipinski definition) is 2. The molecule has 1 heterocycles. The molecule has 5 nitrogen and oxygen atoms in total. The van der Waals surface area contributed by atoms with Gasteiger partial charge in [-0.2, -0.15) is 0 Å². The van der Waals surface area contributed by atoms with E-state index in [0.29, 0.717) is 19.4 Å². The molecule has 1 aliphatic heterocycles. The number of hydrogen-bond acceptors (Lipinski definition) is 3. The molecule has 0 aromatic carbocycles. The second kappa shape index (κ2) is 5.37. The van der Waals surface area contributed by atoms with Gasteiger partial charge in [0.15, 0.2) is 6.10 Å². The lowest BCUT2D eigenvalue weighted by Crippen LogP contribution is -2.32. The summed E-state index contributed by atoms with van der Waals surface area (Å²) in [5, 5.41) is 11.2. The van der Waals surface area contributed by atoms with Crippen molar-refractivity contribution in [2.75, 3.05) is 6.54 Å². The lowest BCUT2D eigenvalue weighted by Gasteiger charge is -2.11. The molecule has 0 spiro atoms. The van der Waals surface area contributed by atoms with Gasteiger partial charge in [0, 0.05) is 6.54 Å². The van der Waals surface area contributed by atoms with E-state index in [1.165, 1.54) is 0 Å². The summed E-state index contributed by atoms with van der Waals surface area (Å²) in [6, 6.07) is 0. The first-order valence-corrected chi connectivity index (χ1v) is 4.72. The Morgan fingerprint density at radius 1 is 1.53 bits per heavy atom. The largest absolute Gasteiger partial charge is 0.479 e. The van der Waals surface area contributed by atoms with Gasteiger partial charge in [-0.05, 0) is 12.8 Å². The Labute approximate surface area is 87.8 Å². The molecule has 2 N–H and O–H groups in total. The minimum atomic E-state index is -0.951. The maximum atomic E-state index is 11.0. The van der Waals surface area contributed by atoms with Crippen molar-refractivity contribution in [1.29, 1.82) is 0 Å². The van der Waals surface area contributed by atoms with E-state index < -0.39 is 12.1 Å². The van der Waals surface area contributed by atoms with Crippen LogP contribution < -0.4 is 5.32 Å². The number of terminal acetylenes is 1. The third-order valence-electron chi connectivity index (χ3n) is 2.17. The first-order valence-electron chi connectivity index (χ1n) is 4.72. The van der Waals surface area contributed by atoms with Crippen LogP contribution in [0.5, 0.6) is 0 Å². The minimum Gasteiger partial charge on any atom is -0.479 e. The van der Waals surface area contributed by atoms with E-state index in [-0.39, 0.29) is 18.4 Å². The van der Waals surface area contributed by atoms with Crippen molar-refractivity contribution in [3.63, 3.8) is 0 Å². The van der Waals surface area contributed by atoms with Crippen molar-refractivity contribution >= 4 is 11.9 Å². The summed E-state index contributed by atoms with van der Waals surface area (Å²) in [6.07, 6.45) is 5.18. The van der Waals surface area contributed by atoms with E-state index in [2.05, 4.69) is 11.2 Å². The SMILES string of the molecule is C#CCC(=O)NCC1CCC(C(=O)O)O1. The zero-order valence-corrected chi connectivity index (χ0v) is 8.23. The third-order valence-corrected chi connectivity index (χ3v) is 2.17. The van der Waals surface area contributed by atoms with Gasteiger partial charge in [-0.3, -0.25) is 4.79 Å². The number of amides is 1. The average Bonchev–Trinajstić information content (AvgIpc) is 2.63. The van der Waals surface area contributed by atoms with Crippen molar-refractivity contribution < 1.29 is 19.4 Å². The van der Waals surface area contributed by atoms with Gasteiger partial charge in [-0.1, -0.05) is 5.92 Å². The number of ether oxygens (including phenoxy) is 1. The molecule has 0 aromatic heterocycles. The molecule has 0 aliphatic carbocycles. The summed E-state index contributed by atoms with van der Waals surface area (Å²) >= 11 is 0. The lowest BCUT2D eigenvalue weighted by molar-refractivity contribution is -0.149. The molecule has 0 bridgehead atoms. The van der Waals surface area contributed by atoms with Crippen LogP contribution in [0.3, 0.4) is 0 Å². The molecular weight excluding hydrogens is 198 g/mol. The van der Waals surface area contributed by atoms with Crippen LogP contribution in [0.1, 0.15) is 19.3 Å². The van der Waals surface area contributed by atoms with Crippen LogP contribution in [0.25, 0.3) is 0 Å². The van der Waals surface area contributed by atoms with Crippen LogP contribution in [-0.2, 0) is 14.3 Å².